The van der Waals surface area contributed by atoms with E-state index in [4.69, 9.17) is 42.1 Å². The highest BCUT2D eigenvalue weighted by Crippen LogP contribution is 2.45. The molecule has 27 heavy (non-hydrogen) atoms. The van der Waals surface area contributed by atoms with Gasteiger partial charge >= 0.3 is 0 Å². The Morgan fingerprint density at radius 2 is 1.96 bits per heavy atom. The summed E-state index contributed by atoms with van der Waals surface area (Å²) < 4.78 is 22.6. The van der Waals surface area contributed by atoms with Crippen molar-refractivity contribution in [3.8, 4) is 17.2 Å². The number of nitrogens with one attached hydrogen (secondary N) is 2. The Balaban J connectivity index is 1.66. The first-order chi connectivity index (χ1) is 13.0. The lowest BCUT2D eigenvalue weighted by Gasteiger charge is -2.38. The third-order valence-corrected chi connectivity index (χ3v) is 5.26. The molecule has 0 unspecified atom stereocenters. The van der Waals surface area contributed by atoms with E-state index in [0.29, 0.717) is 54.8 Å². The molecule has 10 heteroatoms. The second kappa shape index (κ2) is 7.10. The van der Waals surface area contributed by atoms with Crippen LogP contribution in [0.25, 0.3) is 0 Å². The number of hydrazine groups is 1. The van der Waals surface area contributed by atoms with Crippen LogP contribution in [0.5, 0.6) is 17.2 Å². The number of carbonyl (C=O) groups excluding carboxylic acids is 1. The molecule has 8 nitrogen and oxygen atoms in total. The third-order valence-electron chi connectivity index (χ3n) is 4.63. The lowest BCUT2D eigenvalue weighted by atomic mass is 9.88. The molecule has 1 aromatic rings. The summed E-state index contributed by atoms with van der Waals surface area (Å²) in [7, 11) is 1.54. The number of benzene rings is 1. The number of nitrogens with zero attached hydrogens (tertiary/aromatic N) is 1. The number of carbonyl (C=O) groups is 1. The van der Waals surface area contributed by atoms with Crippen LogP contribution in [0.2, 0.25) is 0 Å². The summed E-state index contributed by atoms with van der Waals surface area (Å²) in [6, 6.07) is 3.32. The van der Waals surface area contributed by atoms with Gasteiger partial charge in [-0.3, -0.25) is 10.2 Å². The Hall–Kier alpha value is -2.16. The average Bonchev–Trinajstić information content (AvgIpc) is 2.84. The number of halogens is 2. The molecule has 4 rings (SSSR count). The summed E-state index contributed by atoms with van der Waals surface area (Å²) in [5.41, 5.74) is 5.63. The summed E-state index contributed by atoms with van der Waals surface area (Å²) in [5.74, 6) is 1.04. The first kappa shape index (κ1) is 18.2. The molecule has 3 aliphatic heterocycles. The molecule has 0 saturated carbocycles. The maximum absolute atomic E-state index is 13.0. The molecular formula is C17H17Cl2N3O5. The van der Waals surface area contributed by atoms with Crippen molar-refractivity contribution in [1.82, 2.24) is 11.0 Å². The molecule has 0 aromatic heterocycles. The molecule has 0 bridgehead atoms. The van der Waals surface area contributed by atoms with Crippen molar-refractivity contribution in [3.63, 3.8) is 0 Å². The van der Waals surface area contributed by atoms with Crippen LogP contribution in [-0.2, 0) is 4.74 Å². The number of ether oxygens (including phenoxy) is 4. The summed E-state index contributed by atoms with van der Waals surface area (Å²) >= 11 is 12.1. The Morgan fingerprint density at radius 3 is 2.59 bits per heavy atom. The SMILES string of the molecule is COc1ccc(C(=O)CC2=C(Cl)NNN=C2Cl)c2c1OCC1(COC1)CO2. The van der Waals surface area contributed by atoms with E-state index in [-0.39, 0.29) is 27.9 Å². The lowest BCUT2D eigenvalue weighted by Crippen LogP contribution is -2.50. The lowest BCUT2D eigenvalue weighted by molar-refractivity contribution is -0.143. The van der Waals surface area contributed by atoms with Crippen LogP contribution in [-0.4, -0.2) is 44.5 Å². The number of hydrazone groups is 1. The van der Waals surface area contributed by atoms with Crippen molar-refractivity contribution in [2.24, 2.45) is 10.5 Å². The van der Waals surface area contributed by atoms with Crippen LogP contribution in [0.3, 0.4) is 0 Å². The molecule has 2 N–H and O–H groups in total. The van der Waals surface area contributed by atoms with Crippen LogP contribution in [0.4, 0.5) is 0 Å². The molecule has 0 aliphatic carbocycles. The van der Waals surface area contributed by atoms with E-state index < -0.39 is 0 Å². The molecule has 144 valence electrons. The molecule has 0 atom stereocenters. The molecule has 0 amide bonds. The van der Waals surface area contributed by atoms with Gasteiger partial charge in [0.25, 0.3) is 0 Å². The largest absolute Gasteiger partial charge is 0.493 e. The summed E-state index contributed by atoms with van der Waals surface area (Å²) in [5, 5.41) is 4.15. The van der Waals surface area contributed by atoms with Crippen molar-refractivity contribution >= 4 is 34.2 Å². The molecule has 3 aliphatic rings. The number of allylic oxidation sites excluding steroid dienone is 1. The van der Waals surface area contributed by atoms with Crippen LogP contribution in [0.15, 0.2) is 28.0 Å². The zero-order valence-corrected chi connectivity index (χ0v) is 15.9. The van der Waals surface area contributed by atoms with Gasteiger partial charge in [-0.05, 0) is 12.1 Å². The quantitative estimate of drug-likeness (QED) is 0.577. The number of Topliss-reactive ketones (excluding diaryl/α,β-unsaturated/α-hetero) is 1. The zero-order chi connectivity index (χ0) is 19.0. The van der Waals surface area contributed by atoms with Gasteiger partial charge in [-0.1, -0.05) is 23.2 Å². The van der Waals surface area contributed by atoms with Crippen molar-refractivity contribution in [2.45, 2.75) is 6.42 Å². The Morgan fingerprint density at radius 1 is 1.22 bits per heavy atom. The molecule has 3 heterocycles. The number of hydrogen-bond acceptors (Lipinski definition) is 8. The Labute approximate surface area is 165 Å². The Kier molecular flexibility index (Phi) is 4.79. The standard InChI is InChI=1S/C17H17Cl2N3O5/c1-24-12-3-2-9(11(23)4-10-15(18)20-22-21-16(10)19)13-14(12)27-8-17(7-26-13)5-25-6-17/h2-3,20,22H,4-8H2,1H3. The number of ketones is 1. The number of methoxy groups -OCH3 is 1. The monoisotopic (exact) mass is 413 g/mol. The number of hydrogen-bond donors (Lipinski definition) is 2. The fourth-order valence-electron chi connectivity index (χ4n) is 3.02. The minimum Gasteiger partial charge on any atom is -0.493 e. The van der Waals surface area contributed by atoms with E-state index in [1.54, 1.807) is 12.1 Å². The van der Waals surface area contributed by atoms with Crippen molar-refractivity contribution in [3.05, 3.63) is 28.4 Å². The molecule has 1 spiro atoms. The summed E-state index contributed by atoms with van der Waals surface area (Å²) in [6.07, 6.45) is -0.0494. The van der Waals surface area contributed by atoms with Crippen LogP contribution < -0.4 is 25.2 Å². The number of fused-ring (bicyclic) bond motifs is 1. The van der Waals surface area contributed by atoms with Gasteiger partial charge in [-0.2, -0.15) is 0 Å². The smallest absolute Gasteiger partial charge is 0.204 e. The predicted molar refractivity (Wildman–Crippen MR) is 98.6 cm³/mol. The fourth-order valence-corrected chi connectivity index (χ4v) is 3.47. The van der Waals surface area contributed by atoms with Crippen LogP contribution >= 0.6 is 23.2 Å². The average molecular weight is 414 g/mol. The summed E-state index contributed by atoms with van der Waals surface area (Å²) in [6.45, 7) is 1.93. The predicted octanol–water partition coefficient (Wildman–Crippen LogP) is 2.17. The molecule has 1 saturated heterocycles. The van der Waals surface area contributed by atoms with Crippen molar-refractivity contribution in [2.75, 3.05) is 33.5 Å². The first-order valence-corrected chi connectivity index (χ1v) is 8.99. The van der Waals surface area contributed by atoms with E-state index in [1.165, 1.54) is 7.11 Å². The van der Waals surface area contributed by atoms with E-state index in [1.807, 2.05) is 0 Å². The zero-order valence-electron chi connectivity index (χ0n) is 14.4. The maximum atomic E-state index is 13.0. The molecule has 1 aromatic carbocycles. The second-order valence-corrected chi connectivity index (χ2v) is 7.31. The van der Waals surface area contributed by atoms with E-state index >= 15 is 0 Å². The maximum Gasteiger partial charge on any atom is 0.204 e. The van der Waals surface area contributed by atoms with Gasteiger partial charge in [-0.15, -0.1) is 5.10 Å². The van der Waals surface area contributed by atoms with Crippen LogP contribution in [0, 0.1) is 5.41 Å². The Bertz CT molecular complexity index is 851. The second-order valence-electron chi connectivity index (χ2n) is 6.58. The van der Waals surface area contributed by atoms with E-state index in [2.05, 4.69) is 16.1 Å². The summed E-state index contributed by atoms with van der Waals surface area (Å²) in [4.78, 5) is 13.0. The third kappa shape index (κ3) is 3.28. The van der Waals surface area contributed by atoms with Gasteiger partial charge < -0.3 is 18.9 Å². The van der Waals surface area contributed by atoms with Gasteiger partial charge in [0.1, 0.15) is 18.4 Å². The highest BCUT2D eigenvalue weighted by Gasteiger charge is 2.43. The van der Waals surface area contributed by atoms with Gasteiger partial charge in [0.15, 0.2) is 22.5 Å². The van der Waals surface area contributed by atoms with Crippen molar-refractivity contribution in [1.29, 1.82) is 0 Å². The van der Waals surface area contributed by atoms with Gasteiger partial charge in [-0.25, -0.2) is 5.53 Å². The topological polar surface area (TPSA) is 90.4 Å². The molecular weight excluding hydrogens is 397 g/mol. The molecule has 1 fully saturated rings. The van der Waals surface area contributed by atoms with Gasteiger partial charge in [0, 0.05) is 12.0 Å². The van der Waals surface area contributed by atoms with Crippen LogP contribution in [0.1, 0.15) is 16.8 Å². The normalized spacial score (nSPS) is 20.0. The highest BCUT2D eigenvalue weighted by molar-refractivity contribution is 6.70. The fraction of sp³-hybridized carbons (Fsp3) is 0.412. The first-order valence-electron chi connectivity index (χ1n) is 8.24. The molecule has 0 radical (unpaired) electrons. The van der Waals surface area contributed by atoms with Crippen molar-refractivity contribution < 1.29 is 23.7 Å². The number of rotatable bonds is 4. The van der Waals surface area contributed by atoms with E-state index in [0.717, 1.165) is 0 Å². The van der Waals surface area contributed by atoms with E-state index in [9.17, 15) is 4.79 Å². The van der Waals surface area contributed by atoms with Gasteiger partial charge in [0.2, 0.25) is 5.75 Å². The minimum absolute atomic E-state index is 0.0494. The van der Waals surface area contributed by atoms with Gasteiger partial charge in [0.05, 0.1) is 31.3 Å². The highest BCUT2D eigenvalue weighted by atomic mass is 35.5. The minimum atomic E-state index is -0.233.